The monoisotopic (exact) mass is 427 g/mol. The Bertz CT molecular complexity index is 1060. The summed E-state index contributed by atoms with van der Waals surface area (Å²) in [5.41, 5.74) is 1.62. The van der Waals surface area contributed by atoms with E-state index in [-0.39, 0.29) is 12.4 Å². The lowest BCUT2D eigenvalue weighted by Gasteiger charge is -2.37. The van der Waals surface area contributed by atoms with E-state index in [0.717, 1.165) is 17.3 Å². The predicted molar refractivity (Wildman–Crippen MR) is 114 cm³/mol. The number of piperidine rings is 1. The number of hydrogen-bond acceptors (Lipinski definition) is 7. The van der Waals surface area contributed by atoms with Gasteiger partial charge in [0.05, 0.1) is 32.1 Å². The van der Waals surface area contributed by atoms with Crippen LogP contribution in [0, 0.1) is 12.7 Å². The Hall–Kier alpha value is -3.04. The van der Waals surface area contributed by atoms with Crippen LogP contribution in [-0.2, 0) is 6.54 Å². The van der Waals surface area contributed by atoms with Crippen molar-refractivity contribution < 1.29 is 19.3 Å². The molecule has 0 spiro atoms. The van der Waals surface area contributed by atoms with E-state index in [1.807, 2.05) is 31.2 Å². The van der Waals surface area contributed by atoms with Gasteiger partial charge >= 0.3 is 0 Å². The van der Waals surface area contributed by atoms with Gasteiger partial charge in [-0.3, -0.25) is 0 Å². The minimum atomic E-state index is -1.12. The molecule has 2 N–H and O–H groups in total. The number of rotatable bonds is 6. The fourth-order valence-electron chi connectivity index (χ4n) is 3.73. The molecule has 0 unspecified atom stereocenters. The van der Waals surface area contributed by atoms with Gasteiger partial charge in [-0.25, -0.2) is 19.0 Å². The molecule has 1 aliphatic heterocycles. The van der Waals surface area contributed by atoms with Crippen LogP contribution >= 0.6 is 0 Å². The first-order valence-electron chi connectivity index (χ1n) is 10.2. The molecule has 31 heavy (non-hydrogen) atoms. The van der Waals surface area contributed by atoms with Crippen molar-refractivity contribution in [3.63, 3.8) is 0 Å². The van der Waals surface area contributed by atoms with Crippen molar-refractivity contribution in [2.45, 2.75) is 31.9 Å². The number of hydrogen-bond donors (Lipinski definition) is 2. The van der Waals surface area contributed by atoms with Gasteiger partial charge in [0.2, 0.25) is 5.88 Å². The molecule has 8 nitrogen and oxygen atoms in total. The van der Waals surface area contributed by atoms with Crippen LogP contribution in [0.25, 0.3) is 11.5 Å². The zero-order valence-corrected chi connectivity index (χ0v) is 17.6. The fourth-order valence-corrected chi connectivity index (χ4v) is 3.73. The second kappa shape index (κ2) is 8.60. The number of aromatic nitrogens is 4. The highest BCUT2D eigenvalue weighted by atomic mass is 19.1. The number of ether oxygens (including phenoxy) is 1. The first kappa shape index (κ1) is 21.2. The third-order valence-electron chi connectivity index (χ3n) is 5.78. The maximum atomic E-state index is 14.5. The molecule has 164 valence electrons. The summed E-state index contributed by atoms with van der Waals surface area (Å²) in [7, 11) is 1.57. The maximum absolute atomic E-state index is 14.5. The van der Waals surface area contributed by atoms with E-state index < -0.39 is 11.4 Å². The summed E-state index contributed by atoms with van der Waals surface area (Å²) in [6.07, 6.45) is 1.81. The Labute approximate surface area is 179 Å². The Kier molecular flexibility index (Phi) is 5.88. The van der Waals surface area contributed by atoms with E-state index in [4.69, 9.17) is 4.74 Å². The van der Waals surface area contributed by atoms with Gasteiger partial charge in [0.15, 0.2) is 17.5 Å². The number of nitrogens with zero attached hydrogens (tertiary/aromatic N) is 5. The summed E-state index contributed by atoms with van der Waals surface area (Å²) in [4.78, 5) is 10.3. The second-order valence-electron chi connectivity index (χ2n) is 7.89. The number of aryl methyl sites for hydroxylation is 1. The summed E-state index contributed by atoms with van der Waals surface area (Å²) < 4.78 is 21.7. The molecule has 0 radical (unpaired) electrons. The van der Waals surface area contributed by atoms with E-state index in [1.54, 1.807) is 22.8 Å². The number of methoxy groups -OCH3 is 1. The SMILES string of the molecule is COc1cc(-c2ncc(F)c(N3CCC(O)(CO)CC3)n2)nn1Cc1ccccc1C. The normalized spacial score (nSPS) is 15.8. The van der Waals surface area contributed by atoms with Gasteiger partial charge in [-0.15, -0.1) is 0 Å². The van der Waals surface area contributed by atoms with Gasteiger partial charge in [-0.2, -0.15) is 5.10 Å². The van der Waals surface area contributed by atoms with Crippen molar-refractivity contribution in [2.24, 2.45) is 0 Å². The lowest BCUT2D eigenvalue weighted by atomic mass is 9.92. The Morgan fingerprint density at radius 3 is 2.65 bits per heavy atom. The van der Waals surface area contributed by atoms with Crippen LogP contribution in [0.5, 0.6) is 5.88 Å². The predicted octanol–water partition coefficient (Wildman–Crippen LogP) is 2.17. The van der Waals surface area contributed by atoms with Crippen LogP contribution in [0.3, 0.4) is 0 Å². The number of anilines is 1. The summed E-state index contributed by atoms with van der Waals surface area (Å²) >= 11 is 0. The fraction of sp³-hybridized carbons (Fsp3) is 0.409. The van der Waals surface area contributed by atoms with Gasteiger partial charge in [0.1, 0.15) is 5.69 Å². The molecule has 2 aromatic heterocycles. The second-order valence-corrected chi connectivity index (χ2v) is 7.89. The molecule has 9 heteroatoms. The first-order chi connectivity index (χ1) is 14.9. The molecule has 1 fully saturated rings. The molecule has 0 atom stereocenters. The minimum Gasteiger partial charge on any atom is -0.481 e. The van der Waals surface area contributed by atoms with Crippen LogP contribution in [0.2, 0.25) is 0 Å². The third kappa shape index (κ3) is 4.38. The van der Waals surface area contributed by atoms with E-state index in [9.17, 15) is 14.6 Å². The lowest BCUT2D eigenvalue weighted by molar-refractivity contribution is -0.0327. The smallest absolute Gasteiger partial charge is 0.212 e. The molecule has 0 aliphatic carbocycles. The van der Waals surface area contributed by atoms with E-state index >= 15 is 0 Å². The van der Waals surface area contributed by atoms with Crippen molar-refractivity contribution in [3.05, 3.63) is 53.5 Å². The average molecular weight is 427 g/mol. The van der Waals surface area contributed by atoms with Gasteiger partial charge in [0.25, 0.3) is 0 Å². The maximum Gasteiger partial charge on any atom is 0.212 e. The summed E-state index contributed by atoms with van der Waals surface area (Å²) in [5.74, 6) is 0.474. The standard InChI is InChI=1S/C22H26FN5O3/c1-15-5-3-4-6-16(15)13-28-19(31-2)11-18(26-28)20-24-12-17(23)21(25-20)27-9-7-22(30,14-29)8-10-27/h3-6,11-12,29-30H,7-10,13-14H2,1-2H3. The third-order valence-corrected chi connectivity index (χ3v) is 5.78. The van der Waals surface area contributed by atoms with E-state index in [0.29, 0.717) is 49.9 Å². The summed E-state index contributed by atoms with van der Waals surface area (Å²) in [6.45, 7) is 3.02. The Balaban J connectivity index is 1.61. The molecule has 3 aromatic rings. The van der Waals surface area contributed by atoms with Crippen LogP contribution in [0.4, 0.5) is 10.2 Å². The quantitative estimate of drug-likeness (QED) is 0.622. The highest BCUT2D eigenvalue weighted by molar-refractivity contribution is 5.55. The number of benzene rings is 1. The average Bonchev–Trinajstić information content (AvgIpc) is 3.19. The van der Waals surface area contributed by atoms with Gasteiger partial charge in [-0.1, -0.05) is 24.3 Å². The highest BCUT2D eigenvalue weighted by Crippen LogP contribution is 2.29. The highest BCUT2D eigenvalue weighted by Gasteiger charge is 2.33. The summed E-state index contributed by atoms with van der Waals surface area (Å²) in [6, 6.07) is 9.77. The van der Waals surface area contributed by atoms with Crippen LogP contribution in [0.15, 0.2) is 36.5 Å². The van der Waals surface area contributed by atoms with Crippen LogP contribution in [-0.4, -0.2) is 62.4 Å². The molecule has 0 bridgehead atoms. The van der Waals surface area contributed by atoms with Crippen LogP contribution < -0.4 is 9.64 Å². The largest absolute Gasteiger partial charge is 0.481 e. The zero-order chi connectivity index (χ0) is 22.0. The van der Waals surface area contributed by atoms with Crippen molar-refractivity contribution >= 4 is 5.82 Å². The van der Waals surface area contributed by atoms with Crippen molar-refractivity contribution in [2.75, 3.05) is 31.7 Å². The minimum absolute atomic E-state index is 0.164. The molecule has 3 heterocycles. The number of aliphatic hydroxyl groups excluding tert-OH is 1. The Morgan fingerprint density at radius 2 is 1.97 bits per heavy atom. The Morgan fingerprint density at radius 1 is 1.23 bits per heavy atom. The molecule has 0 saturated carbocycles. The topological polar surface area (TPSA) is 96.5 Å². The van der Waals surface area contributed by atoms with E-state index in [1.165, 1.54) is 0 Å². The molecule has 4 rings (SSSR count). The molecule has 1 aromatic carbocycles. The van der Waals surface area contributed by atoms with Crippen molar-refractivity contribution in [1.29, 1.82) is 0 Å². The van der Waals surface area contributed by atoms with Crippen LogP contribution in [0.1, 0.15) is 24.0 Å². The van der Waals surface area contributed by atoms with Gasteiger partial charge in [0, 0.05) is 19.2 Å². The molecular formula is C22H26FN5O3. The number of halogens is 1. The van der Waals surface area contributed by atoms with Gasteiger partial charge < -0.3 is 19.8 Å². The number of aliphatic hydroxyl groups is 2. The summed E-state index contributed by atoms with van der Waals surface area (Å²) in [5, 5.41) is 24.1. The van der Waals surface area contributed by atoms with E-state index in [2.05, 4.69) is 15.1 Å². The lowest BCUT2D eigenvalue weighted by Crippen LogP contribution is -2.47. The van der Waals surface area contributed by atoms with Gasteiger partial charge in [-0.05, 0) is 30.9 Å². The molecule has 0 amide bonds. The zero-order valence-electron chi connectivity index (χ0n) is 17.6. The molecule has 1 saturated heterocycles. The first-order valence-corrected chi connectivity index (χ1v) is 10.2. The molecule has 1 aliphatic rings. The molecular weight excluding hydrogens is 401 g/mol. The van der Waals surface area contributed by atoms with Crippen molar-refractivity contribution in [1.82, 2.24) is 19.7 Å². The van der Waals surface area contributed by atoms with Crippen molar-refractivity contribution in [3.8, 4) is 17.4 Å².